The molecule has 0 bridgehead atoms. The van der Waals surface area contributed by atoms with Gasteiger partial charge in [0.2, 0.25) is 0 Å². The summed E-state index contributed by atoms with van der Waals surface area (Å²) in [5.74, 6) is 0.475. The molecule has 4 N–H and O–H groups in total. The summed E-state index contributed by atoms with van der Waals surface area (Å²) < 4.78 is 0.860. The zero-order valence-electron chi connectivity index (χ0n) is 8.87. The fourth-order valence-corrected chi connectivity index (χ4v) is 1.68. The first kappa shape index (κ1) is 13.4. The lowest BCUT2D eigenvalue weighted by molar-refractivity contribution is -0.136. The van der Waals surface area contributed by atoms with Crippen molar-refractivity contribution in [2.45, 2.75) is 13.0 Å². The number of hydrogen-bond acceptors (Lipinski definition) is 4. The highest BCUT2D eigenvalue weighted by atomic mass is 79.9. The van der Waals surface area contributed by atoms with Crippen molar-refractivity contribution < 1.29 is 14.7 Å². The van der Waals surface area contributed by atoms with Crippen LogP contribution >= 0.6 is 15.9 Å². The van der Waals surface area contributed by atoms with E-state index in [4.69, 9.17) is 10.8 Å². The molecule has 1 aromatic rings. The molecule has 0 radical (unpaired) electrons. The second-order valence-electron chi connectivity index (χ2n) is 3.28. The second-order valence-corrected chi connectivity index (χ2v) is 4.20. The Hall–Kier alpha value is -1.62. The third-order valence-corrected chi connectivity index (χ3v) is 2.52. The summed E-state index contributed by atoms with van der Waals surface area (Å²) >= 11 is 3.30. The van der Waals surface area contributed by atoms with E-state index in [0.717, 1.165) is 10.0 Å². The van der Waals surface area contributed by atoms with Gasteiger partial charge in [-0.25, -0.2) is 4.79 Å². The Morgan fingerprint density at radius 3 is 2.76 bits per heavy atom. The Morgan fingerprint density at radius 1 is 1.53 bits per heavy atom. The van der Waals surface area contributed by atoms with Crippen LogP contribution in [0.25, 0.3) is 0 Å². The number of carbonyl (C=O) groups is 1. The smallest absolute Gasteiger partial charge is 0.310 e. The van der Waals surface area contributed by atoms with Crippen molar-refractivity contribution in [3.63, 3.8) is 0 Å². The molecule has 6 heteroatoms. The van der Waals surface area contributed by atoms with Crippen molar-refractivity contribution in [2.75, 3.05) is 5.32 Å². The summed E-state index contributed by atoms with van der Waals surface area (Å²) in [5.41, 5.74) is 6.90. The lowest BCUT2D eigenvalue weighted by Crippen LogP contribution is -2.09. The molecule has 0 aliphatic heterocycles. The van der Waals surface area contributed by atoms with E-state index in [1.165, 1.54) is 0 Å². The molecule has 0 amide bonds. The number of carboxylic acid groups (broad SMARTS) is 1. The topological polar surface area (TPSA) is 92.4 Å². The van der Waals surface area contributed by atoms with E-state index < -0.39 is 12.4 Å². The molecule has 1 aromatic carbocycles. The van der Waals surface area contributed by atoms with Gasteiger partial charge in [0.1, 0.15) is 11.6 Å². The summed E-state index contributed by atoms with van der Waals surface area (Å²) in [6, 6.07) is 5.28. The first-order valence-corrected chi connectivity index (χ1v) is 5.57. The van der Waals surface area contributed by atoms with E-state index in [1.807, 2.05) is 0 Å². The number of carboxylic acids is 1. The van der Waals surface area contributed by atoms with Gasteiger partial charge in [0, 0.05) is 16.7 Å². The number of benzene rings is 1. The summed E-state index contributed by atoms with van der Waals surface area (Å²) in [4.78, 5) is 21.1. The number of halogens is 1. The Labute approximate surface area is 106 Å². The van der Waals surface area contributed by atoms with Crippen molar-refractivity contribution >= 4 is 33.5 Å². The Bertz CT molecular complexity index is 482. The Balaban J connectivity index is 2.94. The van der Waals surface area contributed by atoms with Crippen molar-refractivity contribution in [2.24, 2.45) is 5.73 Å². The molecule has 0 heterocycles. The predicted molar refractivity (Wildman–Crippen MR) is 67.1 cm³/mol. The van der Waals surface area contributed by atoms with Gasteiger partial charge in [-0.15, -0.1) is 0 Å². The monoisotopic (exact) mass is 298 g/mol. The number of carbonyl (C=O) groups excluding carboxylic acids is 1. The maximum atomic E-state index is 10.6. The molecule has 0 unspecified atom stereocenters. The van der Waals surface area contributed by atoms with E-state index in [0.29, 0.717) is 5.69 Å². The van der Waals surface area contributed by atoms with Crippen molar-refractivity contribution in [1.29, 1.82) is 0 Å². The summed E-state index contributed by atoms with van der Waals surface area (Å²) in [6.45, 7) is 0.279. The van der Waals surface area contributed by atoms with Crippen LogP contribution in [0.1, 0.15) is 12.0 Å². The fraction of sp³-hybridized carbons (Fsp3) is 0.182. The zero-order chi connectivity index (χ0) is 12.8. The van der Waals surface area contributed by atoms with Gasteiger partial charge >= 0.3 is 5.97 Å². The lowest BCUT2D eigenvalue weighted by Gasteiger charge is -2.10. The standard InChI is InChI=1S/C11H11BrN2O3/c12-8-1-2-10(7(3-8)5-13)14-9(6-15)4-11(16)17/h1-3,14H,4-5,13H2,(H,16,17). The van der Waals surface area contributed by atoms with Gasteiger partial charge in [0.05, 0.1) is 6.42 Å². The Morgan fingerprint density at radius 2 is 2.24 bits per heavy atom. The molecular formula is C11H11BrN2O3. The minimum absolute atomic E-state index is 0.0328. The second kappa shape index (κ2) is 6.20. The molecule has 0 saturated heterocycles. The first-order chi connectivity index (χ1) is 8.06. The molecule has 0 atom stereocenters. The molecule has 0 fully saturated rings. The van der Waals surface area contributed by atoms with E-state index in [2.05, 4.69) is 21.2 Å². The molecule has 0 saturated carbocycles. The fourth-order valence-electron chi connectivity index (χ4n) is 1.27. The molecule has 0 aliphatic carbocycles. The van der Waals surface area contributed by atoms with Crippen LogP contribution in [0.2, 0.25) is 0 Å². The van der Waals surface area contributed by atoms with Crippen LogP contribution in [-0.2, 0) is 16.1 Å². The third kappa shape index (κ3) is 4.03. The van der Waals surface area contributed by atoms with E-state index >= 15 is 0 Å². The van der Waals surface area contributed by atoms with Gasteiger partial charge < -0.3 is 16.2 Å². The highest BCUT2D eigenvalue weighted by Gasteiger charge is 2.08. The molecule has 0 aliphatic rings. The molecule has 5 nitrogen and oxygen atoms in total. The Kier molecular flexibility index (Phi) is 4.90. The summed E-state index contributed by atoms with van der Waals surface area (Å²) in [5, 5.41) is 11.3. The van der Waals surface area contributed by atoms with E-state index in [-0.39, 0.29) is 12.2 Å². The number of hydrogen-bond donors (Lipinski definition) is 3. The van der Waals surface area contributed by atoms with Crippen LogP contribution in [-0.4, -0.2) is 17.0 Å². The average Bonchev–Trinajstić information content (AvgIpc) is 2.29. The number of nitrogens with two attached hydrogens (primary N) is 1. The number of rotatable bonds is 5. The quantitative estimate of drug-likeness (QED) is 0.717. The molecule has 17 heavy (non-hydrogen) atoms. The average molecular weight is 299 g/mol. The van der Waals surface area contributed by atoms with Gasteiger partial charge in [-0.2, -0.15) is 0 Å². The third-order valence-electron chi connectivity index (χ3n) is 2.02. The van der Waals surface area contributed by atoms with Crippen LogP contribution in [0, 0.1) is 0 Å². The van der Waals surface area contributed by atoms with Gasteiger partial charge in [0.15, 0.2) is 0 Å². The predicted octanol–water partition coefficient (Wildman–Crippen LogP) is 1.51. The zero-order valence-corrected chi connectivity index (χ0v) is 10.5. The molecular weight excluding hydrogens is 288 g/mol. The molecule has 0 spiro atoms. The largest absolute Gasteiger partial charge is 0.481 e. The van der Waals surface area contributed by atoms with Gasteiger partial charge in [-0.3, -0.25) is 4.79 Å². The van der Waals surface area contributed by atoms with Crippen molar-refractivity contribution in [1.82, 2.24) is 0 Å². The van der Waals surface area contributed by atoms with Gasteiger partial charge in [0.25, 0.3) is 0 Å². The number of aliphatic carboxylic acids is 1. The highest BCUT2D eigenvalue weighted by Crippen LogP contribution is 2.22. The SMILES string of the molecule is NCc1cc(Br)ccc1NC(=C=O)CC(=O)O. The van der Waals surface area contributed by atoms with Crippen molar-refractivity contribution in [3.05, 3.63) is 33.9 Å². The molecule has 90 valence electrons. The minimum atomic E-state index is -1.10. The summed E-state index contributed by atoms with van der Waals surface area (Å²) in [6.07, 6.45) is -0.399. The van der Waals surface area contributed by atoms with Crippen LogP contribution < -0.4 is 11.1 Å². The van der Waals surface area contributed by atoms with Crippen molar-refractivity contribution in [3.8, 4) is 0 Å². The maximum absolute atomic E-state index is 10.6. The molecule has 0 aromatic heterocycles. The van der Waals surface area contributed by atoms with Crippen LogP contribution in [0.5, 0.6) is 0 Å². The number of nitrogens with one attached hydrogen (secondary N) is 1. The van der Waals surface area contributed by atoms with Gasteiger partial charge in [-0.1, -0.05) is 15.9 Å². The van der Waals surface area contributed by atoms with Crippen LogP contribution in [0.4, 0.5) is 5.69 Å². The molecule has 1 rings (SSSR count). The lowest BCUT2D eigenvalue weighted by atomic mass is 10.1. The summed E-state index contributed by atoms with van der Waals surface area (Å²) in [7, 11) is 0. The minimum Gasteiger partial charge on any atom is -0.481 e. The van der Waals surface area contributed by atoms with Crippen LogP contribution in [0.3, 0.4) is 0 Å². The highest BCUT2D eigenvalue weighted by molar-refractivity contribution is 9.10. The maximum Gasteiger partial charge on any atom is 0.310 e. The van der Waals surface area contributed by atoms with Crippen LogP contribution in [0.15, 0.2) is 28.4 Å². The number of anilines is 1. The van der Waals surface area contributed by atoms with E-state index in [1.54, 1.807) is 24.1 Å². The van der Waals surface area contributed by atoms with Gasteiger partial charge in [-0.05, 0) is 23.8 Å². The first-order valence-electron chi connectivity index (χ1n) is 4.78. The van der Waals surface area contributed by atoms with E-state index in [9.17, 15) is 9.59 Å². The normalized spacial score (nSPS) is 9.53.